The van der Waals surface area contributed by atoms with Crippen LogP contribution in [0.25, 0.3) is 0 Å². The van der Waals surface area contributed by atoms with Crippen LogP contribution in [0.15, 0.2) is 53.0 Å². The Morgan fingerprint density at radius 1 is 1.20 bits per heavy atom. The molecule has 0 saturated carbocycles. The zero-order valence-corrected chi connectivity index (χ0v) is 15.5. The number of anilines is 1. The third-order valence-corrected chi connectivity index (χ3v) is 4.82. The first kappa shape index (κ1) is 17.5. The zero-order chi connectivity index (χ0) is 17.8. The van der Waals surface area contributed by atoms with Crippen molar-refractivity contribution in [2.24, 2.45) is 5.92 Å². The Bertz CT molecular complexity index is 794. The van der Waals surface area contributed by atoms with Crippen LogP contribution >= 0.6 is 15.9 Å². The molecule has 0 fully saturated rings. The largest absolute Gasteiger partial charge is 0.492 e. The van der Waals surface area contributed by atoms with Gasteiger partial charge in [-0.1, -0.05) is 30.3 Å². The lowest BCUT2D eigenvalue weighted by Crippen LogP contribution is -2.42. The van der Waals surface area contributed by atoms with E-state index in [1.165, 1.54) is 4.90 Å². The maximum atomic E-state index is 12.6. The van der Waals surface area contributed by atoms with Crippen molar-refractivity contribution in [2.45, 2.75) is 6.42 Å². The molecule has 1 N–H and O–H groups in total. The van der Waals surface area contributed by atoms with Crippen molar-refractivity contribution in [3.63, 3.8) is 0 Å². The lowest BCUT2D eigenvalue weighted by atomic mass is 9.95. The summed E-state index contributed by atoms with van der Waals surface area (Å²) in [5, 5.41) is 2.80. The van der Waals surface area contributed by atoms with E-state index in [0.717, 1.165) is 15.8 Å². The van der Waals surface area contributed by atoms with Crippen molar-refractivity contribution in [3.8, 4) is 5.75 Å². The quantitative estimate of drug-likeness (QED) is 0.854. The summed E-state index contributed by atoms with van der Waals surface area (Å²) >= 11 is 3.39. The molecule has 3 rings (SSSR count). The summed E-state index contributed by atoms with van der Waals surface area (Å²) in [5.74, 6) is 0.244. The van der Waals surface area contributed by atoms with Crippen molar-refractivity contribution in [3.05, 3.63) is 58.6 Å². The van der Waals surface area contributed by atoms with E-state index in [4.69, 9.17) is 4.74 Å². The number of amides is 2. The summed E-state index contributed by atoms with van der Waals surface area (Å²) < 4.78 is 6.47. The van der Waals surface area contributed by atoms with Crippen LogP contribution in [0.4, 0.5) is 5.69 Å². The van der Waals surface area contributed by atoms with Gasteiger partial charge in [-0.3, -0.25) is 9.59 Å². The van der Waals surface area contributed by atoms with Gasteiger partial charge < -0.3 is 15.0 Å². The fourth-order valence-electron chi connectivity index (χ4n) is 2.84. The molecule has 25 heavy (non-hydrogen) atoms. The van der Waals surface area contributed by atoms with E-state index < -0.39 is 0 Å². The second kappa shape index (κ2) is 7.70. The molecule has 130 valence electrons. The monoisotopic (exact) mass is 402 g/mol. The van der Waals surface area contributed by atoms with Gasteiger partial charge in [-0.05, 0) is 46.1 Å². The number of para-hydroxylation sites is 2. The van der Waals surface area contributed by atoms with Crippen molar-refractivity contribution in [2.75, 3.05) is 25.5 Å². The van der Waals surface area contributed by atoms with E-state index in [-0.39, 0.29) is 24.3 Å². The molecule has 0 spiro atoms. The molecule has 1 aliphatic rings. The average Bonchev–Trinajstić information content (AvgIpc) is 2.62. The molecule has 1 aliphatic heterocycles. The molecule has 1 heterocycles. The van der Waals surface area contributed by atoms with Gasteiger partial charge in [-0.2, -0.15) is 0 Å². The Balaban J connectivity index is 1.58. The molecular weight excluding hydrogens is 384 g/mol. The molecule has 1 atom stereocenters. The Kier molecular flexibility index (Phi) is 5.38. The minimum absolute atomic E-state index is 0.00167. The molecule has 0 radical (unpaired) electrons. The topological polar surface area (TPSA) is 58.6 Å². The van der Waals surface area contributed by atoms with Crippen molar-refractivity contribution < 1.29 is 14.3 Å². The maximum Gasteiger partial charge on any atom is 0.244 e. The number of halogens is 1. The van der Waals surface area contributed by atoms with Crippen molar-refractivity contribution in [1.82, 2.24) is 4.90 Å². The summed E-state index contributed by atoms with van der Waals surface area (Å²) in [6.07, 6.45) is 0.630. The predicted molar refractivity (Wildman–Crippen MR) is 99.5 cm³/mol. The molecule has 0 aromatic heterocycles. The molecule has 1 unspecified atom stereocenters. The highest BCUT2D eigenvalue weighted by Crippen LogP contribution is 2.27. The first-order chi connectivity index (χ1) is 12.0. The van der Waals surface area contributed by atoms with Crippen molar-refractivity contribution >= 4 is 33.4 Å². The summed E-state index contributed by atoms with van der Waals surface area (Å²) in [4.78, 5) is 26.3. The number of rotatable bonds is 4. The Morgan fingerprint density at radius 3 is 2.72 bits per heavy atom. The Hall–Kier alpha value is -2.34. The van der Waals surface area contributed by atoms with Gasteiger partial charge in [0, 0.05) is 11.5 Å². The van der Waals surface area contributed by atoms with Gasteiger partial charge in [0.15, 0.2) is 0 Å². The first-order valence-electron chi connectivity index (χ1n) is 8.04. The third kappa shape index (κ3) is 4.20. The highest BCUT2D eigenvalue weighted by molar-refractivity contribution is 9.10. The lowest BCUT2D eigenvalue weighted by molar-refractivity contribution is -0.138. The van der Waals surface area contributed by atoms with Crippen LogP contribution in [0, 0.1) is 5.92 Å². The van der Waals surface area contributed by atoms with Crippen LogP contribution < -0.4 is 10.1 Å². The summed E-state index contributed by atoms with van der Waals surface area (Å²) in [6.45, 7) is 0.338. The molecule has 6 heteroatoms. The van der Waals surface area contributed by atoms with Crippen LogP contribution in [-0.4, -0.2) is 36.9 Å². The minimum atomic E-state index is -0.267. The van der Waals surface area contributed by atoms with Crippen LogP contribution in [0.5, 0.6) is 5.75 Å². The number of carbonyl (C=O) groups excluding carboxylic acids is 2. The second-order valence-electron chi connectivity index (χ2n) is 6.04. The average molecular weight is 403 g/mol. The maximum absolute atomic E-state index is 12.6. The molecule has 2 amide bonds. The SMILES string of the molecule is CN(CC(=O)Nc1ccccc1Br)C(=O)C1COc2ccccc2C1. The molecule has 0 saturated heterocycles. The van der Waals surface area contributed by atoms with E-state index in [0.29, 0.717) is 18.7 Å². The first-order valence-corrected chi connectivity index (χ1v) is 8.84. The number of hydrogen-bond donors (Lipinski definition) is 1. The lowest BCUT2D eigenvalue weighted by Gasteiger charge is -2.28. The van der Waals surface area contributed by atoms with Gasteiger partial charge in [0.1, 0.15) is 12.4 Å². The van der Waals surface area contributed by atoms with E-state index in [9.17, 15) is 9.59 Å². The number of nitrogens with one attached hydrogen (secondary N) is 1. The van der Waals surface area contributed by atoms with Gasteiger partial charge in [0.2, 0.25) is 11.8 Å². The summed E-state index contributed by atoms with van der Waals surface area (Å²) in [5.41, 5.74) is 1.71. The molecule has 0 aliphatic carbocycles. The summed E-state index contributed by atoms with van der Waals surface area (Å²) in [7, 11) is 1.64. The zero-order valence-electron chi connectivity index (χ0n) is 13.9. The Morgan fingerprint density at radius 2 is 1.92 bits per heavy atom. The number of fused-ring (bicyclic) bond motifs is 1. The van der Waals surface area contributed by atoms with Crippen LogP contribution in [0.3, 0.4) is 0 Å². The minimum Gasteiger partial charge on any atom is -0.492 e. The predicted octanol–water partition coefficient (Wildman–Crippen LogP) is 3.10. The number of nitrogens with zero attached hydrogens (tertiary/aromatic N) is 1. The fraction of sp³-hybridized carbons (Fsp3) is 0.263. The highest BCUT2D eigenvalue weighted by Gasteiger charge is 2.28. The number of hydrogen-bond acceptors (Lipinski definition) is 3. The summed E-state index contributed by atoms with van der Waals surface area (Å²) in [6, 6.07) is 15.1. The Labute approximate surface area is 155 Å². The fourth-order valence-corrected chi connectivity index (χ4v) is 3.23. The second-order valence-corrected chi connectivity index (χ2v) is 6.90. The van der Waals surface area contributed by atoms with E-state index in [2.05, 4.69) is 21.2 Å². The van der Waals surface area contributed by atoms with Gasteiger partial charge in [-0.15, -0.1) is 0 Å². The van der Waals surface area contributed by atoms with Gasteiger partial charge in [0.05, 0.1) is 18.2 Å². The number of ether oxygens (including phenoxy) is 1. The molecule has 2 aromatic rings. The molecule has 5 nitrogen and oxygen atoms in total. The standard InChI is InChI=1S/C19H19BrN2O3/c1-22(11-18(23)21-16-8-4-3-7-15(16)20)19(24)14-10-13-6-2-5-9-17(13)25-12-14/h2-9,14H,10-12H2,1H3,(H,21,23). The van der Waals surface area contributed by atoms with Crippen LogP contribution in [-0.2, 0) is 16.0 Å². The molecular formula is C19H19BrN2O3. The van der Waals surface area contributed by atoms with Gasteiger partial charge in [-0.25, -0.2) is 0 Å². The third-order valence-electron chi connectivity index (χ3n) is 4.13. The highest BCUT2D eigenvalue weighted by atomic mass is 79.9. The smallest absolute Gasteiger partial charge is 0.244 e. The van der Waals surface area contributed by atoms with E-state index >= 15 is 0 Å². The van der Waals surface area contributed by atoms with Gasteiger partial charge >= 0.3 is 0 Å². The molecule has 0 bridgehead atoms. The number of likely N-dealkylation sites (N-methyl/N-ethyl adjacent to an activating group) is 1. The van der Waals surface area contributed by atoms with Crippen LogP contribution in [0.2, 0.25) is 0 Å². The van der Waals surface area contributed by atoms with E-state index in [1.54, 1.807) is 13.1 Å². The van der Waals surface area contributed by atoms with Gasteiger partial charge in [0.25, 0.3) is 0 Å². The van der Waals surface area contributed by atoms with E-state index in [1.807, 2.05) is 42.5 Å². The number of benzene rings is 2. The normalized spacial score (nSPS) is 15.7. The molecule has 2 aromatic carbocycles. The number of carbonyl (C=O) groups is 2. The van der Waals surface area contributed by atoms with Crippen molar-refractivity contribution in [1.29, 1.82) is 0 Å². The van der Waals surface area contributed by atoms with Crippen LogP contribution in [0.1, 0.15) is 5.56 Å².